The zero-order valence-electron chi connectivity index (χ0n) is 13.2. The standard InChI is InChI=1S/C17H20ClN3O2/c1-3-23-17(22)21-16-7-5-12(8-15(16)19)10-20-13-6-4-11(2)14(18)9-13/h4-9,20H,3,10,19H2,1-2H3,(H,21,22). The summed E-state index contributed by atoms with van der Waals surface area (Å²) in [6.45, 7) is 4.62. The zero-order chi connectivity index (χ0) is 16.8. The first kappa shape index (κ1) is 17.0. The van der Waals surface area contributed by atoms with Crippen molar-refractivity contribution in [3.05, 3.63) is 52.5 Å². The van der Waals surface area contributed by atoms with E-state index in [2.05, 4.69) is 10.6 Å². The first-order valence-electron chi connectivity index (χ1n) is 7.31. The van der Waals surface area contributed by atoms with Gasteiger partial charge in [-0.05, 0) is 49.2 Å². The van der Waals surface area contributed by atoms with Gasteiger partial charge in [-0.3, -0.25) is 5.32 Å². The van der Waals surface area contributed by atoms with Crippen LogP contribution in [0, 0.1) is 6.92 Å². The minimum atomic E-state index is -0.514. The fraction of sp³-hybridized carbons (Fsp3) is 0.235. The number of ether oxygens (including phenoxy) is 1. The fourth-order valence-electron chi connectivity index (χ4n) is 2.02. The number of anilines is 3. The highest BCUT2D eigenvalue weighted by atomic mass is 35.5. The number of hydrogen-bond donors (Lipinski definition) is 3. The smallest absolute Gasteiger partial charge is 0.411 e. The number of carbonyl (C=O) groups excluding carboxylic acids is 1. The number of nitrogen functional groups attached to an aromatic ring is 1. The molecule has 2 aromatic carbocycles. The van der Waals surface area contributed by atoms with Crippen LogP contribution in [-0.2, 0) is 11.3 Å². The van der Waals surface area contributed by atoms with Gasteiger partial charge in [0.25, 0.3) is 0 Å². The Morgan fingerprint density at radius 3 is 2.70 bits per heavy atom. The normalized spacial score (nSPS) is 10.2. The van der Waals surface area contributed by atoms with Crippen LogP contribution in [-0.4, -0.2) is 12.7 Å². The molecule has 122 valence electrons. The molecule has 0 aliphatic carbocycles. The van der Waals surface area contributed by atoms with Gasteiger partial charge in [0.2, 0.25) is 0 Å². The van der Waals surface area contributed by atoms with Crippen LogP contribution in [0.15, 0.2) is 36.4 Å². The monoisotopic (exact) mass is 333 g/mol. The molecule has 6 heteroatoms. The largest absolute Gasteiger partial charge is 0.450 e. The molecular formula is C17H20ClN3O2. The highest BCUT2D eigenvalue weighted by Gasteiger charge is 2.06. The number of benzene rings is 2. The van der Waals surface area contributed by atoms with E-state index in [0.717, 1.165) is 21.8 Å². The Balaban J connectivity index is 1.99. The first-order chi connectivity index (χ1) is 11.0. The summed E-state index contributed by atoms with van der Waals surface area (Å²) in [6.07, 6.45) is -0.514. The van der Waals surface area contributed by atoms with Crippen molar-refractivity contribution in [3.8, 4) is 0 Å². The lowest BCUT2D eigenvalue weighted by atomic mass is 10.1. The molecule has 0 saturated carbocycles. The lowest BCUT2D eigenvalue weighted by Gasteiger charge is -2.11. The average molecular weight is 334 g/mol. The summed E-state index contributed by atoms with van der Waals surface area (Å²) in [5.41, 5.74) is 9.95. The van der Waals surface area contributed by atoms with Gasteiger partial charge in [0.1, 0.15) is 0 Å². The molecule has 0 atom stereocenters. The highest BCUT2D eigenvalue weighted by Crippen LogP contribution is 2.23. The maximum Gasteiger partial charge on any atom is 0.411 e. The molecule has 0 heterocycles. The van der Waals surface area contributed by atoms with Gasteiger partial charge in [0.15, 0.2) is 0 Å². The van der Waals surface area contributed by atoms with E-state index in [4.69, 9.17) is 22.1 Å². The number of rotatable bonds is 5. The summed E-state index contributed by atoms with van der Waals surface area (Å²) in [4.78, 5) is 11.4. The van der Waals surface area contributed by atoms with Gasteiger partial charge in [-0.15, -0.1) is 0 Å². The molecule has 5 nitrogen and oxygen atoms in total. The predicted molar refractivity (Wildman–Crippen MR) is 95.0 cm³/mol. The SMILES string of the molecule is CCOC(=O)Nc1ccc(CNc2ccc(C)c(Cl)c2)cc1N. The summed E-state index contributed by atoms with van der Waals surface area (Å²) < 4.78 is 4.83. The van der Waals surface area contributed by atoms with E-state index in [-0.39, 0.29) is 0 Å². The van der Waals surface area contributed by atoms with Crippen LogP contribution in [0.4, 0.5) is 21.9 Å². The van der Waals surface area contributed by atoms with E-state index in [1.807, 2.05) is 37.3 Å². The third-order valence-electron chi connectivity index (χ3n) is 3.30. The molecule has 0 unspecified atom stereocenters. The summed E-state index contributed by atoms with van der Waals surface area (Å²) in [5, 5.41) is 6.61. The number of halogens is 1. The van der Waals surface area contributed by atoms with E-state index in [1.165, 1.54) is 0 Å². The van der Waals surface area contributed by atoms with Crippen LogP contribution in [0.2, 0.25) is 5.02 Å². The molecule has 1 amide bonds. The third-order valence-corrected chi connectivity index (χ3v) is 3.70. The van der Waals surface area contributed by atoms with Gasteiger partial charge >= 0.3 is 6.09 Å². The molecule has 23 heavy (non-hydrogen) atoms. The van der Waals surface area contributed by atoms with Crippen LogP contribution >= 0.6 is 11.6 Å². The second-order valence-corrected chi connectivity index (χ2v) is 5.49. The molecule has 0 spiro atoms. The summed E-state index contributed by atoms with van der Waals surface area (Å²) >= 11 is 6.10. The summed E-state index contributed by atoms with van der Waals surface area (Å²) in [6, 6.07) is 11.3. The van der Waals surface area contributed by atoms with Crippen LogP contribution in [0.25, 0.3) is 0 Å². The van der Waals surface area contributed by atoms with Crippen molar-refractivity contribution < 1.29 is 9.53 Å². The van der Waals surface area contributed by atoms with Gasteiger partial charge in [0, 0.05) is 17.3 Å². The molecule has 2 aromatic rings. The van der Waals surface area contributed by atoms with E-state index in [1.54, 1.807) is 13.0 Å². The van der Waals surface area contributed by atoms with Crippen LogP contribution in [0.3, 0.4) is 0 Å². The first-order valence-corrected chi connectivity index (χ1v) is 7.69. The van der Waals surface area contributed by atoms with Crippen molar-refractivity contribution in [2.24, 2.45) is 0 Å². The van der Waals surface area contributed by atoms with Crippen molar-refractivity contribution in [1.29, 1.82) is 0 Å². The van der Waals surface area contributed by atoms with E-state index >= 15 is 0 Å². The van der Waals surface area contributed by atoms with Crippen LogP contribution in [0.1, 0.15) is 18.1 Å². The van der Waals surface area contributed by atoms with Crippen molar-refractivity contribution in [1.82, 2.24) is 0 Å². The number of hydrogen-bond acceptors (Lipinski definition) is 4. The average Bonchev–Trinajstić information content (AvgIpc) is 2.51. The van der Waals surface area contributed by atoms with Crippen LogP contribution < -0.4 is 16.4 Å². The molecule has 0 aromatic heterocycles. The molecule has 4 N–H and O–H groups in total. The molecule has 0 radical (unpaired) electrons. The molecular weight excluding hydrogens is 314 g/mol. The van der Waals surface area contributed by atoms with Crippen molar-refractivity contribution in [2.75, 3.05) is 23.0 Å². The van der Waals surface area contributed by atoms with Crippen molar-refractivity contribution in [3.63, 3.8) is 0 Å². The number of amides is 1. The Morgan fingerprint density at radius 1 is 1.26 bits per heavy atom. The second kappa shape index (κ2) is 7.74. The van der Waals surface area contributed by atoms with E-state index < -0.39 is 6.09 Å². The highest BCUT2D eigenvalue weighted by molar-refractivity contribution is 6.31. The Hall–Kier alpha value is -2.40. The minimum Gasteiger partial charge on any atom is -0.450 e. The van der Waals surface area contributed by atoms with Crippen LogP contribution in [0.5, 0.6) is 0 Å². The van der Waals surface area contributed by atoms with Gasteiger partial charge in [-0.1, -0.05) is 23.7 Å². The Morgan fingerprint density at radius 2 is 2.04 bits per heavy atom. The quantitative estimate of drug-likeness (QED) is 0.708. The lowest BCUT2D eigenvalue weighted by molar-refractivity contribution is 0.168. The number of aryl methyl sites for hydroxylation is 1. The zero-order valence-corrected chi connectivity index (χ0v) is 13.9. The second-order valence-electron chi connectivity index (χ2n) is 5.08. The van der Waals surface area contributed by atoms with Crippen molar-refractivity contribution >= 4 is 34.8 Å². The fourth-order valence-corrected chi connectivity index (χ4v) is 2.20. The van der Waals surface area contributed by atoms with Gasteiger partial charge in [-0.2, -0.15) is 0 Å². The number of carbonyl (C=O) groups is 1. The molecule has 0 bridgehead atoms. The lowest BCUT2D eigenvalue weighted by Crippen LogP contribution is -2.14. The maximum atomic E-state index is 11.4. The van der Waals surface area contributed by atoms with E-state index in [9.17, 15) is 4.79 Å². The molecule has 2 rings (SSSR count). The molecule has 0 fully saturated rings. The van der Waals surface area contributed by atoms with Gasteiger partial charge in [0.05, 0.1) is 18.0 Å². The Bertz CT molecular complexity index is 704. The third kappa shape index (κ3) is 4.79. The Labute approximate surface area is 140 Å². The summed E-state index contributed by atoms with van der Waals surface area (Å²) in [5.74, 6) is 0. The van der Waals surface area contributed by atoms with E-state index in [0.29, 0.717) is 24.5 Å². The van der Waals surface area contributed by atoms with Gasteiger partial charge in [-0.25, -0.2) is 4.79 Å². The molecule has 0 saturated heterocycles. The molecule has 0 aliphatic heterocycles. The van der Waals surface area contributed by atoms with Crippen molar-refractivity contribution in [2.45, 2.75) is 20.4 Å². The predicted octanol–water partition coefficient (Wildman–Crippen LogP) is 4.41. The molecule has 0 aliphatic rings. The number of nitrogens with one attached hydrogen (secondary N) is 2. The Kier molecular flexibility index (Phi) is 5.71. The summed E-state index contributed by atoms with van der Waals surface area (Å²) in [7, 11) is 0. The topological polar surface area (TPSA) is 76.4 Å². The minimum absolute atomic E-state index is 0.312. The maximum absolute atomic E-state index is 11.4. The van der Waals surface area contributed by atoms with Gasteiger partial charge < -0.3 is 15.8 Å². The number of nitrogens with two attached hydrogens (primary N) is 1.